The maximum absolute atomic E-state index is 13.2. The summed E-state index contributed by atoms with van der Waals surface area (Å²) in [5.41, 5.74) is 1.19. The molecule has 10 nitrogen and oxygen atoms in total. The Kier molecular flexibility index (Phi) is 8.21. The van der Waals surface area contributed by atoms with Crippen LogP contribution in [0.2, 0.25) is 0 Å². The summed E-state index contributed by atoms with van der Waals surface area (Å²) in [6.07, 6.45) is 0. The lowest BCUT2D eigenvalue weighted by molar-refractivity contribution is -0.384. The van der Waals surface area contributed by atoms with Gasteiger partial charge in [-0.15, -0.1) is 0 Å². The zero-order chi connectivity index (χ0) is 25.5. The van der Waals surface area contributed by atoms with Gasteiger partial charge in [0.15, 0.2) is 0 Å². The normalized spacial score (nSPS) is 17.1. The molecule has 1 heterocycles. The van der Waals surface area contributed by atoms with Crippen molar-refractivity contribution in [1.82, 2.24) is 10.2 Å². The van der Waals surface area contributed by atoms with Crippen LogP contribution in [0, 0.1) is 10.1 Å². The van der Waals surface area contributed by atoms with Gasteiger partial charge in [-0.3, -0.25) is 19.8 Å². The number of likely N-dealkylation sites (N-methyl/N-ethyl adjacent to an activating group) is 1. The molecule has 0 aromatic heterocycles. The van der Waals surface area contributed by atoms with E-state index in [1.807, 2.05) is 42.3 Å². The van der Waals surface area contributed by atoms with Crippen LogP contribution in [0.1, 0.15) is 24.0 Å². The highest BCUT2D eigenvalue weighted by molar-refractivity contribution is 6.04. The molecular formula is C25H27N3O7. The van der Waals surface area contributed by atoms with E-state index in [-0.39, 0.29) is 34.7 Å². The maximum atomic E-state index is 13.2. The van der Waals surface area contributed by atoms with Crippen molar-refractivity contribution >= 4 is 17.6 Å². The van der Waals surface area contributed by atoms with E-state index >= 15 is 0 Å². The number of methoxy groups -OCH3 is 1. The largest absolute Gasteiger partial charge is 0.481 e. The Morgan fingerprint density at radius 1 is 1.20 bits per heavy atom. The van der Waals surface area contributed by atoms with Crippen LogP contribution in [0.15, 0.2) is 77.4 Å². The van der Waals surface area contributed by atoms with Crippen molar-refractivity contribution in [3.05, 3.63) is 98.6 Å². The van der Waals surface area contributed by atoms with Crippen molar-refractivity contribution in [2.75, 3.05) is 27.3 Å². The second-order valence-corrected chi connectivity index (χ2v) is 8.06. The molecule has 1 amide bonds. The number of allylic oxidation sites excluding steroid dienone is 1. The van der Waals surface area contributed by atoms with Crippen molar-refractivity contribution in [2.24, 2.45) is 0 Å². The number of hydrogen-bond acceptors (Lipinski definition) is 8. The smallest absolute Gasteiger partial charge is 0.336 e. The summed E-state index contributed by atoms with van der Waals surface area (Å²) in [6, 6.07) is 15.4. The molecule has 0 saturated carbocycles. The van der Waals surface area contributed by atoms with Crippen molar-refractivity contribution in [2.45, 2.75) is 19.4 Å². The van der Waals surface area contributed by atoms with Gasteiger partial charge in [0.25, 0.3) is 17.5 Å². The molecule has 2 N–H and O–H groups in total. The number of esters is 1. The standard InChI is InChI=1S/C25H27N3O7/c1-16-20(25(31)35-13-12-27(2)15-17-8-5-4-6-9-17)21(22(23(29)26-16)24(30)34-3)18-10-7-11-19(14-18)28(32)33/h4-11,14,21,30H,12-13,15H2,1-3H3,(H,26,29)/b24-22-. The number of amides is 1. The van der Waals surface area contributed by atoms with Gasteiger partial charge in [0.2, 0.25) is 0 Å². The lowest BCUT2D eigenvalue weighted by atomic mass is 9.80. The number of carbonyl (C=O) groups is 2. The minimum atomic E-state index is -1.13. The van der Waals surface area contributed by atoms with Gasteiger partial charge < -0.3 is 19.9 Å². The number of nitrogens with zero attached hydrogens (tertiary/aromatic N) is 2. The van der Waals surface area contributed by atoms with Gasteiger partial charge in [-0.05, 0) is 25.1 Å². The van der Waals surface area contributed by atoms with Gasteiger partial charge in [-0.25, -0.2) is 4.79 Å². The number of nitro benzene ring substituents is 1. The molecule has 0 spiro atoms. The third kappa shape index (κ3) is 6.04. The first-order valence-electron chi connectivity index (χ1n) is 10.9. The molecule has 0 aliphatic carbocycles. The first-order chi connectivity index (χ1) is 16.7. The number of aliphatic hydroxyl groups is 1. The minimum absolute atomic E-state index is 0.0504. The molecule has 1 aliphatic rings. The van der Waals surface area contributed by atoms with Gasteiger partial charge in [0.1, 0.15) is 12.2 Å². The number of nitrogens with one attached hydrogen (secondary N) is 1. The zero-order valence-electron chi connectivity index (χ0n) is 19.7. The molecule has 0 fully saturated rings. The number of ether oxygens (including phenoxy) is 2. The molecular weight excluding hydrogens is 454 g/mol. The van der Waals surface area contributed by atoms with Gasteiger partial charge in [0, 0.05) is 30.9 Å². The molecule has 1 unspecified atom stereocenters. The first-order valence-corrected chi connectivity index (χ1v) is 10.9. The van der Waals surface area contributed by atoms with Crippen molar-refractivity contribution < 1.29 is 29.1 Å². The van der Waals surface area contributed by atoms with Crippen LogP contribution in [0.5, 0.6) is 0 Å². The Morgan fingerprint density at radius 3 is 2.57 bits per heavy atom. The van der Waals surface area contributed by atoms with E-state index in [1.54, 1.807) is 0 Å². The van der Waals surface area contributed by atoms with Crippen LogP contribution in [-0.2, 0) is 25.6 Å². The van der Waals surface area contributed by atoms with Crippen LogP contribution in [0.25, 0.3) is 0 Å². The lowest BCUT2D eigenvalue weighted by Gasteiger charge is -2.29. The summed E-state index contributed by atoms with van der Waals surface area (Å²) in [7, 11) is 3.07. The number of benzene rings is 2. The van der Waals surface area contributed by atoms with Gasteiger partial charge >= 0.3 is 5.97 Å². The topological polar surface area (TPSA) is 131 Å². The monoisotopic (exact) mass is 481 g/mol. The molecule has 1 atom stereocenters. The third-order valence-corrected chi connectivity index (χ3v) is 5.59. The molecule has 2 aromatic rings. The predicted molar refractivity (Wildman–Crippen MR) is 127 cm³/mol. The van der Waals surface area contributed by atoms with Crippen molar-refractivity contribution in [1.29, 1.82) is 0 Å². The summed E-state index contributed by atoms with van der Waals surface area (Å²) in [5, 5.41) is 24.2. The van der Waals surface area contributed by atoms with E-state index in [9.17, 15) is 24.8 Å². The van der Waals surface area contributed by atoms with Crippen molar-refractivity contribution in [3.8, 4) is 0 Å². The molecule has 2 aromatic carbocycles. The second-order valence-electron chi connectivity index (χ2n) is 8.06. The molecule has 10 heteroatoms. The number of hydrogen-bond donors (Lipinski definition) is 2. The number of nitro groups is 1. The van der Waals surface area contributed by atoms with Crippen LogP contribution in [-0.4, -0.2) is 54.1 Å². The van der Waals surface area contributed by atoms with E-state index < -0.39 is 28.7 Å². The fourth-order valence-electron chi connectivity index (χ4n) is 3.90. The number of non-ortho nitro benzene ring substituents is 1. The molecule has 35 heavy (non-hydrogen) atoms. The maximum Gasteiger partial charge on any atom is 0.336 e. The van der Waals surface area contributed by atoms with Gasteiger partial charge in [-0.2, -0.15) is 0 Å². The van der Waals surface area contributed by atoms with Crippen molar-refractivity contribution in [3.63, 3.8) is 0 Å². The van der Waals surface area contributed by atoms with E-state index in [0.717, 1.165) is 5.56 Å². The molecule has 3 rings (SSSR count). The van der Waals surface area contributed by atoms with Gasteiger partial charge in [-0.1, -0.05) is 42.5 Å². The minimum Gasteiger partial charge on any atom is -0.481 e. The molecule has 0 bridgehead atoms. The molecule has 1 aliphatic heterocycles. The fourth-order valence-corrected chi connectivity index (χ4v) is 3.90. The Morgan fingerprint density at radius 2 is 1.91 bits per heavy atom. The molecule has 0 saturated heterocycles. The number of carbonyl (C=O) groups excluding carboxylic acids is 2. The second kappa shape index (κ2) is 11.3. The SMILES string of the molecule is CO/C(O)=C1\C(=O)NC(C)=C(C(=O)OCCN(C)Cc2ccccc2)C1c1cccc([N+](=O)[O-])c1. The summed E-state index contributed by atoms with van der Waals surface area (Å²) in [6.45, 7) is 2.72. The van der Waals surface area contributed by atoms with Crippen LogP contribution >= 0.6 is 0 Å². The Balaban J connectivity index is 1.86. The number of aliphatic hydroxyl groups excluding tert-OH is 1. The lowest BCUT2D eigenvalue weighted by Crippen LogP contribution is -2.38. The van der Waals surface area contributed by atoms with E-state index in [1.165, 1.54) is 38.3 Å². The zero-order valence-corrected chi connectivity index (χ0v) is 19.7. The Bertz CT molecular complexity index is 1170. The highest BCUT2D eigenvalue weighted by Crippen LogP contribution is 2.39. The Labute approximate surface area is 202 Å². The van der Waals surface area contributed by atoms with E-state index in [4.69, 9.17) is 9.47 Å². The quantitative estimate of drug-likeness (QED) is 0.184. The predicted octanol–water partition coefficient (Wildman–Crippen LogP) is 3.17. The first kappa shape index (κ1) is 25.4. The van der Waals surface area contributed by atoms with E-state index in [2.05, 4.69) is 5.32 Å². The highest BCUT2D eigenvalue weighted by Gasteiger charge is 2.40. The molecule has 184 valence electrons. The molecule has 0 radical (unpaired) electrons. The van der Waals surface area contributed by atoms with Crippen LogP contribution in [0.4, 0.5) is 5.69 Å². The van der Waals surface area contributed by atoms with Crippen LogP contribution in [0.3, 0.4) is 0 Å². The fraction of sp³-hybridized carbons (Fsp3) is 0.280. The average Bonchev–Trinajstić information content (AvgIpc) is 2.83. The van der Waals surface area contributed by atoms with Gasteiger partial charge in [0.05, 0.1) is 23.5 Å². The summed E-state index contributed by atoms with van der Waals surface area (Å²) < 4.78 is 10.4. The number of rotatable bonds is 9. The summed E-state index contributed by atoms with van der Waals surface area (Å²) >= 11 is 0. The summed E-state index contributed by atoms with van der Waals surface area (Å²) in [5.74, 6) is -3.22. The highest BCUT2D eigenvalue weighted by atomic mass is 16.6. The Hall–Kier alpha value is -4.18. The van der Waals surface area contributed by atoms with Crippen LogP contribution < -0.4 is 5.32 Å². The average molecular weight is 482 g/mol. The van der Waals surface area contributed by atoms with E-state index in [0.29, 0.717) is 13.1 Å². The summed E-state index contributed by atoms with van der Waals surface area (Å²) in [4.78, 5) is 38.6. The third-order valence-electron chi connectivity index (χ3n) is 5.59.